The number of carbonyl (C=O) groups excluding carboxylic acids is 1. The fourth-order valence-electron chi connectivity index (χ4n) is 2.79. The van der Waals surface area contributed by atoms with Crippen molar-refractivity contribution in [3.05, 3.63) is 29.8 Å². The van der Waals surface area contributed by atoms with Crippen LogP contribution >= 0.6 is 11.6 Å². The highest BCUT2D eigenvalue weighted by molar-refractivity contribution is 6.35. The third kappa shape index (κ3) is 2.92. The first-order chi connectivity index (χ1) is 10.8. The van der Waals surface area contributed by atoms with Crippen LogP contribution in [0, 0.1) is 0 Å². The standard InChI is InChI=1S/C16H19ClO6/c1-15(2)21-11(9-5-7-10(19-3)8-6-9)12(22-15)13-16(17,23-13)14(18)20-4/h5-8,11-13H,1-4H3. The average molecular weight is 343 g/mol. The molecule has 0 saturated carbocycles. The van der Waals surface area contributed by atoms with Crippen LogP contribution in [0.15, 0.2) is 24.3 Å². The van der Waals surface area contributed by atoms with Crippen LogP contribution < -0.4 is 4.74 Å². The highest BCUT2D eigenvalue weighted by Crippen LogP contribution is 2.52. The molecule has 7 heteroatoms. The summed E-state index contributed by atoms with van der Waals surface area (Å²) in [5, 5.41) is -1.51. The number of carbonyl (C=O) groups is 1. The van der Waals surface area contributed by atoms with Gasteiger partial charge in [-0.1, -0.05) is 23.7 Å². The second-order valence-corrected chi connectivity index (χ2v) is 6.53. The number of halogens is 1. The zero-order valence-electron chi connectivity index (χ0n) is 13.4. The fourth-order valence-corrected chi connectivity index (χ4v) is 3.09. The molecule has 3 rings (SSSR count). The molecule has 0 spiro atoms. The Morgan fingerprint density at radius 2 is 1.78 bits per heavy atom. The van der Waals surface area contributed by atoms with Gasteiger partial charge in [-0.15, -0.1) is 0 Å². The minimum Gasteiger partial charge on any atom is -0.497 e. The first kappa shape index (κ1) is 16.5. The minimum atomic E-state index is -1.51. The Balaban J connectivity index is 1.84. The van der Waals surface area contributed by atoms with Gasteiger partial charge >= 0.3 is 5.97 Å². The molecule has 0 radical (unpaired) electrons. The number of rotatable bonds is 4. The average Bonchev–Trinajstić information content (AvgIpc) is 3.12. The van der Waals surface area contributed by atoms with E-state index >= 15 is 0 Å². The lowest BCUT2D eigenvalue weighted by atomic mass is 10.0. The van der Waals surface area contributed by atoms with E-state index in [1.807, 2.05) is 24.3 Å². The van der Waals surface area contributed by atoms with Crippen molar-refractivity contribution in [1.82, 2.24) is 0 Å². The molecule has 0 bridgehead atoms. The maximum absolute atomic E-state index is 11.8. The molecule has 2 heterocycles. The Hall–Kier alpha value is -1.34. The van der Waals surface area contributed by atoms with Gasteiger partial charge in [0.1, 0.15) is 24.1 Å². The lowest BCUT2D eigenvalue weighted by molar-refractivity contribution is -0.149. The summed E-state index contributed by atoms with van der Waals surface area (Å²) in [6, 6.07) is 7.45. The maximum atomic E-state index is 11.8. The Morgan fingerprint density at radius 3 is 2.35 bits per heavy atom. The van der Waals surface area contributed by atoms with Crippen LogP contribution in [0.5, 0.6) is 5.75 Å². The van der Waals surface area contributed by atoms with Crippen molar-refractivity contribution < 1.29 is 28.5 Å². The first-order valence-corrected chi connectivity index (χ1v) is 7.63. The van der Waals surface area contributed by atoms with Crippen LogP contribution in [0.25, 0.3) is 0 Å². The summed E-state index contributed by atoms with van der Waals surface area (Å²) in [7, 11) is 2.87. The molecule has 126 valence electrons. The molecule has 4 atom stereocenters. The topological polar surface area (TPSA) is 66.5 Å². The molecule has 0 aliphatic carbocycles. The highest BCUT2D eigenvalue weighted by atomic mass is 35.5. The van der Waals surface area contributed by atoms with E-state index in [1.54, 1.807) is 21.0 Å². The predicted molar refractivity (Wildman–Crippen MR) is 81.2 cm³/mol. The van der Waals surface area contributed by atoms with Crippen LogP contribution in [-0.4, -0.2) is 43.2 Å². The third-order valence-corrected chi connectivity index (χ3v) is 4.40. The van der Waals surface area contributed by atoms with E-state index in [-0.39, 0.29) is 0 Å². The number of ether oxygens (including phenoxy) is 5. The molecule has 0 N–H and O–H groups in total. The normalized spacial score (nSPS) is 34.9. The van der Waals surface area contributed by atoms with E-state index in [0.717, 1.165) is 11.3 Å². The second kappa shape index (κ2) is 5.63. The van der Waals surface area contributed by atoms with Crippen molar-refractivity contribution >= 4 is 17.6 Å². The van der Waals surface area contributed by atoms with Gasteiger partial charge < -0.3 is 23.7 Å². The van der Waals surface area contributed by atoms with Crippen LogP contribution in [0.4, 0.5) is 0 Å². The number of esters is 1. The zero-order chi connectivity index (χ0) is 16.8. The molecular weight excluding hydrogens is 324 g/mol. The van der Waals surface area contributed by atoms with Crippen LogP contribution in [0.1, 0.15) is 25.5 Å². The maximum Gasteiger partial charge on any atom is 0.357 e. The molecule has 0 aromatic heterocycles. The van der Waals surface area contributed by atoms with E-state index in [9.17, 15) is 4.79 Å². The summed E-state index contributed by atoms with van der Waals surface area (Å²) in [6.07, 6.45) is -1.56. The summed E-state index contributed by atoms with van der Waals surface area (Å²) in [6.45, 7) is 3.61. The van der Waals surface area contributed by atoms with Crippen molar-refractivity contribution in [3.63, 3.8) is 0 Å². The lowest BCUT2D eigenvalue weighted by Crippen LogP contribution is -2.32. The van der Waals surface area contributed by atoms with E-state index in [2.05, 4.69) is 4.74 Å². The third-order valence-electron chi connectivity index (χ3n) is 3.94. The van der Waals surface area contributed by atoms with E-state index < -0.39 is 35.1 Å². The zero-order valence-corrected chi connectivity index (χ0v) is 14.1. The molecule has 1 aromatic carbocycles. The number of hydrogen-bond acceptors (Lipinski definition) is 6. The molecule has 2 saturated heterocycles. The van der Waals surface area contributed by atoms with Crippen LogP contribution in [0.3, 0.4) is 0 Å². The summed E-state index contributed by atoms with van der Waals surface area (Å²) < 4.78 is 27.1. The monoisotopic (exact) mass is 342 g/mol. The van der Waals surface area contributed by atoms with Crippen LogP contribution in [0.2, 0.25) is 0 Å². The molecule has 2 aliphatic rings. The number of epoxide rings is 1. The molecule has 23 heavy (non-hydrogen) atoms. The van der Waals surface area contributed by atoms with Crippen molar-refractivity contribution in [2.24, 2.45) is 0 Å². The summed E-state index contributed by atoms with van der Waals surface area (Å²) in [4.78, 5) is 11.8. The molecule has 6 nitrogen and oxygen atoms in total. The number of benzene rings is 1. The van der Waals surface area contributed by atoms with Crippen molar-refractivity contribution in [3.8, 4) is 5.75 Å². The SMILES string of the molecule is COC(=O)C1(Cl)OC1C1OC(C)(C)OC1c1ccc(OC)cc1. The Bertz CT molecular complexity index is 601. The largest absolute Gasteiger partial charge is 0.497 e. The molecule has 2 fully saturated rings. The van der Waals surface area contributed by atoms with Crippen molar-refractivity contribution in [2.75, 3.05) is 14.2 Å². The number of alkyl halides is 1. The Kier molecular flexibility index (Phi) is 4.04. The summed E-state index contributed by atoms with van der Waals surface area (Å²) in [5.41, 5.74) is 0.890. The Labute approximate surface area is 139 Å². The fraction of sp³-hybridized carbons (Fsp3) is 0.562. The van der Waals surface area contributed by atoms with Gasteiger partial charge in [-0.25, -0.2) is 4.79 Å². The molecule has 0 amide bonds. The summed E-state index contributed by atoms with van der Waals surface area (Å²) in [5.74, 6) is -0.701. The molecule has 2 aliphatic heterocycles. The van der Waals surface area contributed by atoms with Gasteiger partial charge in [0.25, 0.3) is 5.06 Å². The van der Waals surface area contributed by atoms with Gasteiger partial charge in [0.15, 0.2) is 5.79 Å². The van der Waals surface area contributed by atoms with Crippen LogP contribution in [-0.2, 0) is 23.7 Å². The minimum absolute atomic E-state index is 0.411. The molecular formula is C16H19ClO6. The van der Waals surface area contributed by atoms with Gasteiger partial charge in [-0.3, -0.25) is 0 Å². The van der Waals surface area contributed by atoms with Gasteiger partial charge in [-0.05, 0) is 31.5 Å². The number of methoxy groups -OCH3 is 2. The quantitative estimate of drug-likeness (QED) is 0.475. The second-order valence-electron chi connectivity index (χ2n) is 5.97. The lowest BCUT2D eigenvalue weighted by Gasteiger charge is -2.17. The van der Waals surface area contributed by atoms with Gasteiger partial charge in [0.2, 0.25) is 0 Å². The van der Waals surface area contributed by atoms with Crippen molar-refractivity contribution in [2.45, 2.75) is 43.0 Å². The van der Waals surface area contributed by atoms with E-state index in [1.165, 1.54) is 7.11 Å². The van der Waals surface area contributed by atoms with Gasteiger partial charge in [-0.2, -0.15) is 0 Å². The highest BCUT2D eigenvalue weighted by Gasteiger charge is 2.70. The first-order valence-electron chi connectivity index (χ1n) is 7.25. The van der Waals surface area contributed by atoms with Gasteiger partial charge in [0.05, 0.1) is 14.2 Å². The van der Waals surface area contributed by atoms with Gasteiger partial charge in [0, 0.05) is 0 Å². The predicted octanol–water partition coefficient (Wildman–Crippen LogP) is 2.39. The van der Waals surface area contributed by atoms with E-state index in [4.69, 9.17) is 30.5 Å². The molecule has 4 unspecified atom stereocenters. The Morgan fingerprint density at radius 1 is 1.13 bits per heavy atom. The van der Waals surface area contributed by atoms with E-state index in [0.29, 0.717) is 0 Å². The smallest absolute Gasteiger partial charge is 0.357 e. The number of hydrogen-bond donors (Lipinski definition) is 0. The van der Waals surface area contributed by atoms with Crippen molar-refractivity contribution in [1.29, 1.82) is 0 Å². The molecule has 1 aromatic rings. The summed E-state index contributed by atoms with van der Waals surface area (Å²) >= 11 is 6.18.